The molecular weight excluding hydrogens is 318 g/mol. The molecule has 3 rings (SSSR count). The van der Waals surface area contributed by atoms with Gasteiger partial charge in [0.05, 0.1) is 38.5 Å². The largest absolute Gasteiger partial charge is 0.391 e. The maximum Gasteiger partial charge on any atom is 0.233 e. The maximum absolute atomic E-state index is 8.99. The molecule has 0 bridgehead atoms. The van der Waals surface area contributed by atoms with Gasteiger partial charge < -0.3 is 14.9 Å². The number of aliphatic hydroxyl groups is 1. The molecule has 1 aliphatic rings. The van der Waals surface area contributed by atoms with Gasteiger partial charge >= 0.3 is 0 Å². The topological polar surface area (TPSA) is 58.1 Å². The number of fused-ring (bicyclic) bond motifs is 1. The number of rotatable bonds is 4. The van der Waals surface area contributed by atoms with Crippen LogP contribution < -0.4 is 4.90 Å². The van der Waals surface area contributed by atoms with E-state index in [-0.39, 0.29) is 6.61 Å². The van der Waals surface area contributed by atoms with Crippen LogP contribution in [-0.2, 0) is 5.75 Å². The van der Waals surface area contributed by atoms with E-state index in [0.717, 1.165) is 54.3 Å². The Morgan fingerprint density at radius 1 is 1.41 bits per heavy atom. The van der Waals surface area contributed by atoms with Gasteiger partial charge in [0.2, 0.25) is 5.78 Å². The third-order valence-corrected chi connectivity index (χ3v) is 5.38. The standard InChI is InChI=1S/C14H19N5OS2/c20-9-8-17-4-6-18(7-5-17)14(21)22-11-12-10-19-3-1-2-15-13(19)16-12/h1-3,10,20H,4-9,11H2/p+1. The van der Waals surface area contributed by atoms with Crippen molar-refractivity contribution in [3.05, 3.63) is 30.4 Å². The van der Waals surface area contributed by atoms with Crippen molar-refractivity contribution in [3.8, 4) is 0 Å². The fourth-order valence-corrected chi connectivity index (χ4v) is 3.72. The van der Waals surface area contributed by atoms with Crippen molar-refractivity contribution in [2.24, 2.45) is 0 Å². The highest BCUT2D eigenvalue weighted by Gasteiger charge is 2.21. The van der Waals surface area contributed by atoms with E-state index in [4.69, 9.17) is 17.3 Å². The van der Waals surface area contributed by atoms with Gasteiger partial charge in [-0.05, 0) is 6.07 Å². The Morgan fingerprint density at radius 3 is 2.95 bits per heavy atom. The Hall–Kier alpha value is -1.22. The molecule has 2 aromatic rings. The average molecular weight is 338 g/mol. The quantitative estimate of drug-likeness (QED) is 0.729. The fraction of sp³-hybridized carbons (Fsp3) is 0.500. The van der Waals surface area contributed by atoms with Crippen LogP contribution in [0.5, 0.6) is 0 Å². The second-order valence-corrected chi connectivity index (χ2v) is 6.93. The zero-order chi connectivity index (χ0) is 15.4. The molecule has 0 aromatic carbocycles. The van der Waals surface area contributed by atoms with E-state index in [9.17, 15) is 0 Å². The minimum Gasteiger partial charge on any atom is -0.391 e. The molecule has 1 saturated heterocycles. The molecule has 3 heterocycles. The van der Waals surface area contributed by atoms with E-state index in [2.05, 4.69) is 14.9 Å². The summed E-state index contributed by atoms with van der Waals surface area (Å²) in [4.78, 5) is 12.4. The van der Waals surface area contributed by atoms with Crippen LogP contribution >= 0.6 is 24.0 Å². The van der Waals surface area contributed by atoms with Crippen LogP contribution in [0.2, 0.25) is 0 Å². The monoisotopic (exact) mass is 338 g/mol. The number of piperazine rings is 1. The summed E-state index contributed by atoms with van der Waals surface area (Å²) in [6.45, 7) is 5.11. The van der Waals surface area contributed by atoms with Gasteiger partial charge in [-0.1, -0.05) is 24.0 Å². The summed E-state index contributed by atoms with van der Waals surface area (Å²) in [6, 6.07) is 1.89. The van der Waals surface area contributed by atoms with Gasteiger partial charge in [0, 0.05) is 24.3 Å². The van der Waals surface area contributed by atoms with Crippen LogP contribution in [0.4, 0.5) is 0 Å². The van der Waals surface area contributed by atoms with Crippen molar-refractivity contribution < 1.29 is 10.0 Å². The van der Waals surface area contributed by atoms with Crippen molar-refractivity contribution in [2.45, 2.75) is 5.75 Å². The summed E-state index contributed by atoms with van der Waals surface area (Å²) in [7, 11) is 0. The number of imidazole rings is 1. The van der Waals surface area contributed by atoms with Crippen LogP contribution in [0, 0.1) is 0 Å². The highest BCUT2D eigenvalue weighted by molar-refractivity contribution is 8.22. The molecular formula is C14H20N5OS2+. The summed E-state index contributed by atoms with van der Waals surface area (Å²) < 4.78 is 2.86. The van der Waals surface area contributed by atoms with Gasteiger partial charge in [0.15, 0.2) is 0 Å². The Bertz CT molecular complexity index is 606. The Labute approximate surface area is 139 Å². The first-order valence-electron chi connectivity index (χ1n) is 7.41. The minimum absolute atomic E-state index is 0.260. The van der Waals surface area contributed by atoms with Crippen molar-refractivity contribution >= 4 is 34.1 Å². The molecule has 1 aliphatic heterocycles. The fourth-order valence-electron chi connectivity index (χ4n) is 2.59. The van der Waals surface area contributed by atoms with Crippen molar-refractivity contribution in [1.29, 1.82) is 0 Å². The molecule has 1 fully saturated rings. The predicted molar refractivity (Wildman–Crippen MR) is 91.1 cm³/mol. The smallest absolute Gasteiger partial charge is 0.233 e. The van der Waals surface area contributed by atoms with E-state index in [1.54, 1.807) is 18.0 Å². The lowest BCUT2D eigenvalue weighted by molar-refractivity contribution is -0.904. The van der Waals surface area contributed by atoms with Gasteiger partial charge in [-0.15, -0.1) is 0 Å². The molecule has 0 saturated carbocycles. The first-order valence-corrected chi connectivity index (χ1v) is 8.80. The third-order valence-electron chi connectivity index (χ3n) is 3.82. The Morgan fingerprint density at radius 2 is 2.23 bits per heavy atom. The van der Waals surface area contributed by atoms with Gasteiger partial charge in [0.25, 0.3) is 0 Å². The number of hydrogen-bond donors (Lipinski definition) is 2. The van der Waals surface area contributed by atoms with Crippen molar-refractivity contribution in [1.82, 2.24) is 19.3 Å². The number of aliphatic hydroxyl groups excluding tert-OH is 1. The maximum atomic E-state index is 8.99. The third kappa shape index (κ3) is 3.75. The normalized spacial score (nSPS) is 16.3. The van der Waals surface area contributed by atoms with Gasteiger partial charge in [-0.25, -0.2) is 9.97 Å². The number of nitrogens with one attached hydrogen (secondary N) is 1. The number of thiocarbonyl (C=S) groups is 1. The van der Waals surface area contributed by atoms with Crippen LogP contribution in [0.15, 0.2) is 24.7 Å². The van der Waals surface area contributed by atoms with Crippen molar-refractivity contribution in [2.75, 3.05) is 39.3 Å². The number of aromatic nitrogens is 3. The average Bonchev–Trinajstić information content (AvgIpc) is 2.96. The number of quaternary nitrogens is 1. The molecule has 0 radical (unpaired) electrons. The van der Waals surface area contributed by atoms with Crippen LogP contribution in [0.1, 0.15) is 5.69 Å². The van der Waals surface area contributed by atoms with E-state index < -0.39 is 0 Å². The first-order chi connectivity index (χ1) is 10.8. The lowest BCUT2D eigenvalue weighted by Crippen LogP contribution is -3.15. The van der Waals surface area contributed by atoms with Crippen molar-refractivity contribution in [3.63, 3.8) is 0 Å². The van der Waals surface area contributed by atoms with E-state index in [1.165, 1.54) is 4.90 Å². The lowest BCUT2D eigenvalue weighted by atomic mass is 10.3. The van der Waals surface area contributed by atoms with E-state index in [0.29, 0.717) is 0 Å². The summed E-state index contributed by atoms with van der Waals surface area (Å²) in [6.07, 6.45) is 5.70. The molecule has 2 aromatic heterocycles. The molecule has 6 nitrogen and oxygen atoms in total. The molecule has 0 unspecified atom stereocenters. The number of nitrogens with zero attached hydrogens (tertiary/aromatic N) is 4. The predicted octanol–water partition coefficient (Wildman–Crippen LogP) is -0.560. The van der Waals surface area contributed by atoms with Gasteiger partial charge in [-0.2, -0.15) is 0 Å². The summed E-state index contributed by atoms with van der Waals surface area (Å²) in [5.74, 6) is 1.50. The number of hydrogen-bond acceptors (Lipinski definition) is 5. The zero-order valence-electron chi connectivity index (χ0n) is 12.3. The highest BCUT2D eigenvalue weighted by atomic mass is 32.2. The Kier molecular flexibility index (Phi) is 5.24. The summed E-state index contributed by atoms with van der Waals surface area (Å²) in [5.41, 5.74) is 0.996. The molecule has 22 heavy (non-hydrogen) atoms. The molecule has 8 heteroatoms. The molecule has 0 spiro atoms. The highest BCUT2D eigenvalue weighted by Crippen LogP contribution is 2.16. The molecule has 2 N–H and O–H groups in total. The molecule has 0 amide bonds. The van der Waals surface area contributed by atoms with E-state index >= 15 is 0 Å². The molecule has 118 valence electrons. The minimum atomic E-state index is 0.260. The summed E-state index contributed by atoms with van der Waals surface area (Å²) in [5, 5.41) is 8.99. The number of thioether (sulfide) groups is 1. The Balaban J connectivity index is 1.50. The van der Waals surface area contributed by atoms with Crippen LogP contribution in [0.3, 0.4) is 0 Å². The van der Waals surface area contributed by atoms with Gasteiger partial charge in [0.1, 0.15) is 10.9 Å². The van der Waals surface area contributed by atoms with E-state index in [1.807, 2.05) is 22.9 Å². The zero-order valence-corrected chi connectivity index (χ0v) is 13.9. The van der Waals surface area contributed by atoms with Crippen LogP contribution in [0.25, 0.3) is 5.78 Å². The first kappa shape index (κ1) is 15.7. The molecule has 0 aliphatic carbocycles. The molecule has 0 atom stereocenters. The lowest BCUT2D eigenvalue weighted by Gasteiger charge is -2.33. The second kappa shape index (κ2) is 7.36. The second-order valence-electron chi connectivity index (χ2n) is 5.32. The van der Waals surface area contributed by atoms with Crippen LogP contribution in [-0.4, -0.2) is 68.0 Å². The summed E-state index contributed by atoms with van der Waals surface area (Å²) >= 11 is 7.20. The SMILES string of the molecule is OCC[NH+]1CCN(C(=S)SCc2cn3cccnc3n2)CC1. The van der Waals surface area contributed by atoms with Gasteiger partial charge in [-0.3, -0.25) is 4.40 Å².